The average molecular weight is 322 g/mol. The maximum atomic E-state index is 12.8. The van der Waals surface area contributed by atoms with Crippen molar-refractivity contribution >= 4 is 23.2 Å². The van der Waals surface area contributed by atoms with Crippen LogP contribution in [-0.4, -0.2) is 31.0 Å². The number of para-hydroxylation sites is 3. The summed E-state index contributed by atoms with van der Waals surface area (Å²) in [4.78, 5) is 28.6. The average Bonchev–Trinajstić information content (AvgIpc) is 3.03. The second-order valence-corrected chi connectivity index (χ2v) is 6.08. The quantitative estimate of drug-likeness (QED) is 0.853. The van der Waals surface area contributed by atoms with Gasteiger partial charge in [-0.15, -0.1) is 0 Å². The molecule has 0 saturated heterocycles. The zero-order valence-electron chi connectivity index (χ0n) is 13.4. The maximum absolute atomic E-state index is 12.8. The zero-order valence-corrected chi connectivity index (χ0v) is 13.4. The van der Waals surface area contributed by atoms with Crippen LogP contribution in [0, 0.1) is 0 Å². The Labute approximate surface area is 140 Å². The van der Waals surface area contributed by atoms with Crippen molar-refractivity contribution in [2.24, 2.45) is 0 Å². The van der Waals surface area contributed by atoms with Gasteiger partial charge in [-0.2, -0.15) is 0 Å². The first-order chi connectivity index (χ1) is 11.6. The van der Waals surface area contributed by atoms with E-state index in [0.717, 1.165) is 12.1 Å². The lowest BCUT2D eigenvalue weighted by Crippen LogP contribution is -2.49. The Morgan fingerprint density at radius 1 is 1.12 bits per heavy atom. The van der Waals surface area contributed by atoms with Gasteiger partial charge in [0.25, 0.3) is 5.91 Å². The van der Waals surface area contributed by atoms with Crippen molar-refractivity contribution in [3.05, 3.63) is 54.1 Å². The van der Waals surface area contributed by atoms with E-state index in [9.17, 15) is 9.59 Å². The van der Waals surface area contributed by atoms with Crippen molar-refractivity contribution in [1.82, 2.24) is 0 Å². The summed E-state index contributed by atoms with van der Waals surface area (Å²) in [5, 5.41) is 0. The molecule has 5 heteroatoms. The van der Waals surface area contributed by atoms with E-state index in [1.165, 1.54) is 10.5 Å². The number of carbonyl (C=O) groups is 2. The topological polar surface area (TPSA) is 49.9 Å². The molecule has 4 rings (SSSR count). The second-order valence-electron chi connectivity index (χ2n) is 6.08. The molecule has 0 aromatic heterocycles. The summed E-state index contributed by atoms with van der Waals surface area (Å²) in [5.41, 5.74) is 2.78. The van der Waals surface area contributed by atoms with E-state index in [4.69, 9.17) is 4.74 Å². The van der Waals surface area contributed by atoms with Gasteiger partial charge in [0.1, 0.15) is 12.3 Å². The number of nitrogens with zero attached hydrogens (tertiary/aromatic N) is 2. The summed E-state index contributed by atoms with van der Waals surface area (Å²) in [5.74, 6) is 0.381. The van der Waals surface area contributed by atoms with Crippen LogP contribution in [-0.2, 0) is 16.0 Å². The minimum Gasteiger partial charge on any atom is -0.479 e. The Hall–Kier alpha value is -2.82. The summed E-state index contributed by atoms with van der Waals surface area (Å²) in [6.07, 6.45) is 0.268. The molecule has 24 heavy (non-hydrogen) atoms. The molecule has 0 radical (unpaired) electrons. The van der Waals surface area contributed by atoms with E-state index in [1.54, 1.807) is 11.8 Å². The van der Waals surface area contributed by atoms with E-state index < -0.39 is 6.10 Å². The van der Waals surface area contributed by atoms with Gasteiger partial charge in [0, 0.05) is 12.2 Å². The minimum atomic E-state index is -0.585. The molecule has 2 heterocycles. The number of rotatable bonds is 2. The summed E-state index contributed by atoms with van der Waals surface area (Å²) in [6, 6.07) is 15.2. The number of hydrogen-bond acceptors (Lipinski definition) is 3. The van der Waals surface area contributed by atoms with Crippen LogP contribution >= 0.6 is 0 Å². The molecule has 2 aromatic carbocycles. The van der Waals surface area contributed by atoms with Crippen molar-refractivity contribution in [1.29, 1.82) is 0 Å². The van der Waals surface area contributed by atoms with Crippen LogP contribution in [0.3, 0.4) is 0 Å². The highest BCUT2D eigenvalue weighted by Crippen LogP contribution is 2.34. The normalized spacial score (nSPS) is 18.9. The van der Waals surface area contributed by atoms with Crippen LogP contribution in [0.1, 0.15) is 12.5 Å². The van der Waals surface area contributed by atoms with Crippen LogP contribution < -0.4 is 14.5 Å². The van der Waals surface area contributed by atoms with E-state index in [0.29, 0.717) is 18.0 Å². The molecule has 0 aliphatic carbocycles. The fourth-order valence-electron chi connectivity index (χ4n) is 3.34. The van der Waals surface area contributed by atoms with Gasteiger partial charge >= 0.3 is 0 Å². The molecule has 2 amide bonds. The van der Waals surface area contributed by atoms with Crippen molar-refractivity contribution in [2.45, 2.75) is 19.4 Å². The molecule has 2 aromatic rings. The molecule has 0 bridgehead atoms. The Morgan fingerprint density at radius 3 is 2.67 bits per heavy atom. The van der Waals surface area contributed by atoms with E-state index >= 15 is 0 Å². The Balaban J connectivity index is 1.61. The fourth-order valence-corrected chi connectivity index (χ4v) is 3.34. The Kier molecular flexibility index (Phi) is 3.49. The van der Waals surface area contributed by atoms with Crippen molar-refractivity contribution in [2.75, 3.05) is 22.9 Å². The fraction of sp³-hybridized carbons (Fsp3) is 0.263. The van der Waals surface area contributed by atoms with E-state index in [1.807, 2.05) is 48.5 Å². The first-order valence-electron chi connectivity index (χ1n) is 8.10. The minimum absolute atomic E-state index is 0.0257. The van der Waals surface area contributed by atoms with E-state index in [2.05, 4.69) is 0 Å². The molecular weight excluding hydrogens is 304 g/mol. The van der Waals surface area contributed by atoms with Crippen molar-refractivity contribution in [3.63, 3.8) is 0 Å². The number of carbonyl (C=O) groups excluding carboxylic acids is 2. The van der Waals surface area contributed by atoms with Crippen LogP contribution in [0.5, 0.6) is 5.75 Å². The van der Waals surface area contributed by atoms with E-state index in [-0.39, 0.29) is 18.4 Å². The first kappa shape index (κ1) is 14.8. The molecular formula is C19H18N2O3. The number of hydrogen-bond donors (Lipinski definition) is 0. The highest BCUT2D eigenvalue weighted by molar-refractivity contribution is 6.07. The van der Waals surface area contributed by atoms with Gasteiger partial charge in [-0.3, -0.25) is 14.5 Å². The number of anilines is 2. The Bertz CT molecular complexity index is 818. The van der Waals surface area contributed by atoms with Crippen LogP contribution in [0.4, 0.5) is 11.4 Å². The first-order valence-corrected chi connectivity index (χ1v) is 8.10. The third-order valence-corrected chi connectivity index (χ3v) is 4.56. The van der Waals surface area contributed by atoms with Gasteiger partial charge in [-0.1, -0.05) is 30.3 Å². The van der Waals surface area contributed by atoms with Crippen molar-refractivity contribution in [3.8, 4) is 5.75 Å². The molecule has 122 valence electrons. The lowest BCUT2D eigenvalue weighted by atomic mass is 10.1. The number of benzene rings is 2. The van der Waals surface area contributed by atoms with Crippen LogP contribution in [0.2, 0.25) is 0 Å². The molecule has 5 nitrogen and oxygen atoms in total. The van der Waals surface area contributed by atoms with Gasteiger partial charge < -0.3 is 9.64 Å². The number of amides is 2. The standard InChI is InChI=1S/C19H18N2O3/c1-13-19(23)21(16-8-4-5-9-17(16)24-13)12-18(22)20-11-10-14-6-2-3-7-15(14)20/h2-9,13H,10-12H2,1H3/t13-/m1/s1. The van der Waals surface area contributed by atoms with Crippen molar-refractivity contribution < 1.29 is 14.3 Å². The molecule has 0 fully saturated rings. The largest absolute Gasteiger partial charge is 0.479 e. The van der Waals surface area contributed by atoms with Crippen LogP contribution in [0.15, 0.2) is 48.5 Å². The van der Waals surface area contributed by atoms with Gasteiger partial charge in [0.2, 0.25) is 5.91 Å². The SMILES string of the molecule is C[C@H]1Oc2ccccc2N(CC(=O)N2CCc3ccccc32)C1=O. The lowest BCUT2D eigenvalue weighted by molar-refractivity contribution is -0.127. The second kappa shape index (κ2) is 5.67. The van der Waals surface area contributed by atoms with Gasteiger partial charge in [0.15, 0.2) is 6.10 Å². The molecule has 0 N–H and O–H groups in total. The molecule has 1 atom stereocenters. The number of ether oxygens (including phenoxy) is 1. The maximum Gasteiger partial charge on any atom is 0.268 e. The van der Waals surface area contributed by atoms with Crippen LogP contribution in [0.25, 0.3) is 0 Å². The lowest BCUT2D eigenvalue weighted by Gasteiger charge is -2.33. The zero-order chi connectivity index (χ0) is 16.7. The van der Waals surface area contributed by atoms with Gasteiger partial charge in [-0.05, 0) is 37.1 Å². The summed E-state index contributed by atoms with van der Waals surface area (Å²) >= 11 is 0. The predicted molar refractivity (Wildman–Crippen MR) is 91.4 cm³/mol. The summed E-state index contributed by atoms with van der Waals surface area (Å²) < 4.78 is 5.62. The molecule has 0 saturated carbocycles. The highest BCUT2D eigenvalue weighted by atomic mass is 16.5. The molecule has 2 aliphatic heterocycles. The highest BCUT2D eigenvalue weighted by Gasteiger charge is 2.34. The predicted octanol–water partition coefficient (Wildman–Crippen LogP) is 2.39. The smallest absolute Gasteiger partial charge is 0.268 e. The third-order valence-electron chi connectivity index (χ3n) is 4.56. The monoisotopic (exact) mass is 322 g/mol. The Morgan fingerprint density at radius 2 is 1.83 bits per heavy atom. The molecule has 2 aliphatic rings. The molecule has 0 unspecified atom stereocenters. The van der Waals surface area contributed by atoms with Gasteiger partial charge in [-0.25, -0.2) is 0 Å². The van der Waals surface area contributed by atoms with Gasteiger partial charge in [0.05, 0.1) is 5.69 Å². The molecule has 0 spiro atoms. The summed E-state index contributed by atoms with van der Waals surface area (Å²) in [7, 11) is 0. The summed E-state index contributed by atoms with van der Waals surface area (Å²) in [6.45, 7) is 2.40. The number of fused-ring (bicyclic) bond motifs is 2. The third kappa shape index (κ3) is 2.33.